The molecule has 1 aromatic carbocycles. The number of methoxy groups -OCH3 is 1. The molecule has 1 saturated heterocycles. The normalized spacial score (nSPS) is 19.9. The topological polar surface area (TPSA) is 34.6 Å². The molecule has 1 aliphatic carbocycles. The largest absolute Gasteiger partial charge is 0.493 e. The Balaban J connectivity index is 1.48. The smallest absolute Gasteiger partial charge is 0.163 e. The van der Waals surface area contributed by atoms with Gasteiger partial charge in [0, 0.05) is 36.8 Å². The summed E-state index contributed by atoms with van der Waals surface area (Å²) in [5.41, 5.74) is 3.13. The zero-order valence-electron chi connectivity index (χ0n) is 15.1. The zero-order valence-corrected chi connectivity index (χ0v) is 15.8. The highest BCUT2D eigenvalue weighted by Gasteiger charge is 2.22. The molecule has 1 fully saturated rings. The molecular formula is C20H24ClFN2O2. The standard InChI is InChI=1S/C20H24ClFN2O2/c1-25-18-10-15-17(23-16-5-2-4-14(16)20(15)21)11-19(18)26-9-3-7-24-8-6-13(22)12-24/h10-11,13H,2-9,12H2,1H3. The van der Waals surface area contributed by atoms with Crippen LogP contribution in [0.25, 0.3) is 10.9 Å². The number of hydrogen-bond acceptors (Lipinski definition) is 4. The molecule has 2 heterocycles. The highest BCUT2D eigenvalue weighted by Crippen LogP contribution is 2.39. The summed E-state index contributed by atoms with van der Waals surface area (Å²) in [6.07, 6.45) is 3.92. The van der Waals surface area contributed by atoms with Crippen molar-refractivity contribution in [3.63, 3.8) is 0 Å². The van der Waals surface area contributed by atoms with Crippen molar-refractivity contribution >= 4 is 22.5 Å². The Bertz CT molecular complexity index is 814. The molecule has 1 unspecified atom stereocenters. The first-order valence-corrected chi connectivity index (χ1v) is 9.71. The van der Waals surface area contributed by atoms with Gasteiger partial charge in [0.25, 0.3) is 0 Å². The van der Waals surface area contributed by atoms with Crippen LogP contribution in [0.4, 0.5) is 4.39 Å². The number of benzene rings is 1. The van der Waals surface area contributed by atoms with Crippen LogP contribution in [0.15, 0.2) is 12.1 Å². The molecule has 1 aromatic heterocycles. The van der Waals surface area contributed by atoms with E-state index in [2.05, 4.69) is 4.90 Å². The van der Waals surface area contributed by atoms with E-state index in [0.29, 0.717) is 31.1 Å². The SMILES string of the molecule is COc1cc2c(Cl)c3c(nc2cc1OCCCN1CCC(F)C1)CCC3. The fraction of sp³-hybridized carbons (Fsp3) is 0.550. The maximum Gasteiger partial charge on any atom is 0.163 e. The number of aromatic nitrogens is 1. The summed E-state index contributed by atoms with van der Waals surface area (Å²) in [7, 11) is 1.63. The monoisotopic (exact) mass is 378 g/mol. The Hall–Kier alpha value is -1.59. The van der Waals surface area contributed by atoms with E-state index in [1.54, 1.807) is 7.11 Å². The van der Waals surface area contributed by atoms with Crippen molar-refractivity contribution < 1.29 is 13.9 Å². The van der Waals surface area contributed by atoms with Gasteiger partial charge in [-0.1, -0.05) is 11.6 Å². The summed E-state index contributed by atoms with van der Waals surface area (Å²) in [5.74, 6) is 1.36. The summed E-state index contributed by atoms with van der Waals surface area (Å²) in [5, 5.41) is 1.71. The quantitative estimate of drug-likeness (QED) is 0.706. The number of rotatable bonds is 6. The number of aryl methyl sites for hydroxylation is 1. The Morgan fingerprint density at radius 2 is 2.19 bits per heavy atom. The first-order valence-electron chi connectivity index (χ1n) is 9.34. The van der Waals surface area contributed by atoms with Crippen LogP contribution in [-0.4, -0.2) is 49.4 Å². The number of hydrogen-bond donors (Lipinski definition) is 0. The van der Waals surface area contributed by atoms with Crippen LogP contribution in [0.5, 0.6) is 11.5 Å². The van der Waals surface area contributed by atoms with Gasteiger partial charge in [-0.15, -0.1) is 0 Å². The van der Waals surface area contributed by atoms with Gasteiger partial charge in [-0.05, 0) is 43.7 Å². The molecule has 4 rings (SSSR count). The molecule has 6 heteroatoms. The molecule has 2 aromatic rings. The van der Waals surface area contributed by atoms with Gasteiger partial charge in [0.1, 0.15) is 6.17 Å². The molecule has 0 saturated carbocycles. The van der Waals surface area contributed by atoms with Crippen LogP contribution in [0, 0.1) is 0 Å². The molecular weight excluding hydrogens is 355 g/mol. The van der Waals surface area contributed by atoms with E-state index >= 15 is 0 Å². The lowest BCUT2D eigenvalue weighted by molar-refractivity contribution is 0.243. The second-order valence-electron chi connectivity index (χ2n) is 7.11. The predicted molar refractivity (Wildman–Crippen MR) is 101 cm³/mol. The molecule has 2 aliphatic rings. The van der Waals surface area contributed by atoms with Gasteiger partial charge in [0.15, 0.2) is 11.5 Å². The number of nitrogens with zero attached hydrogens (tertiary/aromatic N) is 2. The molecule has 1 atom stereocenters. The summed E-state index contributed by atoms with van der Waals surface area (Å²) in [6.45, 7) is 2.81. The summed E-state index contributed by atoms with van der Waals surface area (Å²) in [4.78, 5) is 6.93. The van der Waals surface area contributed by atoms with E-state index in [1.807, 2.05) is 12.1 Å². The van der Waals surface area contributed by atoms with Crippen LogP contribution in [0.2, 0.25) is 5.02 Å². The van der Waals surface area contributed by atoms with E-state index in [4.69, 9.17) is 26.1 Å². The average Bonchev–Trinajstić information content (AvgIpc) is 3.27. The Morgan fingerprint density at radius 3 is 2.96 bits per heavy atom. The molecule has 140 valence electrons. The van der Waals surface area contributed by atoms with Gasteiger partial charge >= 0.3 is 0 Å². The van der Waals surface area contributed by atoms with Crippen molar-refractivity contribution in [3.8, 4) is 11.5 Å². The Labute approximate surface area is 158 Å². The van der Waals surface area contributed by atoms with E-state index in [0.717, 1.165) is 60.4 Å². The van der Waals surface area contributed by atoms with Gasteiger partial charge in [-0.2, -0.15) is 0 Å². The second kappa shape index (κ2) is 7.57. The maximum atomic E-state index is 13.2. The lowest BCUT2D eigenvalue weighted by atomic mass is 10.1. The molecule has 0 N–H and O–H groups in total. The molecule has 0 radical (unpaired) electrons. The first-order chi connectivity index (χ1) is 12.7. The predicted octanol–water partition coefficient (Wildman–Crippen LogP) is 4.20. The third-order valence-corrected chi connectivity index (χ3v) is 5.75. The lowest BCUT2D eigenvalue weighted by Crippen LogP contribution is -2.23. The van der Waals surface area contributed by atoms with Crippen LogP contribution in [-0.2, 0) is 12.8 Å². The summed E-state index contributed by atoms with van der Waals surface area (Å²) >= 11 is 6.61. The molecule has 26 heavy (non-hydrogen) atoms. The number of halogens is 2. The van der Waals surface area contributed by atoms with Gasteiger partial charge in [0.2, 0.25) is 0 Å². The fourth-order valence-electron chi connectivity index (χ4n) is 3.94. The summed E-state index contributed by atoms with van der Waals surface area (Å²) in [6, 6.07) is 3.85. The van der Waals surface area contributed by atoms with Gasteiger partial charge in [-0.25, -0.2) is 4.39 Å². The number of fused-ring (bicyclic) bond motifs is 2. The van der Waals surface area contributed by atoms with Crippen LogP contribution in [0.3, 0.4) is 0 Å². The summed E-state index contributed by atoms with van der Waals surface area (Å²) < 4.78 is 24.7. The highest BCUT2D eigenvalue weighted by atomic mass is 35.5. The number of pyridine rings is 1. The Kier molecular flexibility index (Phi) is 5.18. The van der Waals surface area contributed by atoms with E-state index in [-0.39, 0.29) is 0 Å². The molecule has 1 aliphatic heterocycles. The highest BCUT2D eigenvalue weighted by molar-refractivity contribution is 6.36. The van der Waals surface area contributed by atoms with E-state index in [1.165, 1.54) is 5.56 Å². The molecule has 0 amide bonds. The molecule has 0 bridgehead atoms. The van der Waals surface area contributed by atoms with Gasteiger partial charge in [-0.3, -0.25) is 4.98 Å². The van der Waals surface area contributed by atoms with Crippen molar-refractivity contribution in [2.24, 2.45) is 0 Å². The number of ether oxygens (including phenoxy) is 2. The lowest BCUT2D eigenvalue weighted by Gasteiger charge is -2.16. The third-order valence-electron chi connectivity index (χ3n) is 5.32. The molecule has 4 nitrogen and oxygen atoms in total. The number of alkyl halides is 1. The van der Waals surface area contributed by atoms with Crippen molar-refractivity contribution in [2.45, 2.75) is 38.3 Å². The maximum absolute atomic E-state index is 13.2. The third kappa shape index (κ3) is 3.47. The van der Waals surface area contributed by atoms with Crippen LogP contribution >= 0.6 is 11.6 Å². The van der Waals surface area contributed by atoms with Crippen LogP contribution < -0.4 is 9.47 Å². The zero-order chi connectivity index (χ0) is 18.1. The van der Waals surface area contributed by atoms with Crippen molar-refractivity contribution in [1.29, 1.82) is 0 Å². The average molecular weight is 379 g/mol. The Morgan fingerprint density at radius 1 is 1.31 bits per heavy atom. The van der Waals surface area contributed by atoms with E-state index in [9.17, 15) is 4.39 Å². The first kappa shape index (κ1) is 17.8. The van der Waals surface area contributed by atoms with Gasteiger partial charge in [0.05, 0.1) is 24.3 Å². The fourth-order valence-corrected chi connectivity index (χ4v) is 4.30. The minimum Gasteiger partial charge on any atom is -0.493 e. The molecule has 0 spiro atoms. The van der Waals surface area contributed by atoms with Crippen LogP contribution in [0.1, 0.15) is 30.5 Å². The number of likely N-dealkylation sites (tertiary alicyclic amines) is 1. The van der Waals surface area contributed by atoms with Gasteiger partial charge < -0.3 is 14.4 Å². The van der Waals surface area contributed by atoms with Crippen molar-refractivity contribution in [3.05, 3.63) is 28.4 Å². The minimum atomic E-state index is -0.672. The second-order valence-corrected chi connectivity index (χ2v) is 7.49. The van der Waals surface area contributed by atoms with Crippen molar-refractivity contribution in [1.82, 2.24) is 9.88 Å². The minimum absolute atomic E-state index is 0.548. The van der Waals surface area contributed by atoms with E-state index < -0.39 is 6.17 Å². The van der Waals surface area contributed by atoms with Crippen molar-refractivity contribution in [2.75, 3.05) is 33.4 Å².